The Morgan fingerprint density at radius 1 is 1.91 bits per heavy atom. The van der Waals surface area contributed by atoms with Crippen molar-refractivity contribution in [3.05, 3.63) is 18.4 Å². The maximum atomic E-state index is 11.2. The number of carbonyl (C=O) groups excluding carboxylic acids is 1. The average molecular weight is 154 g/mol. The molecular weight excluding hydrogens is 144 g/mol. The van der Waals surface area contributed by atoms with Gasteiger partial charge in [-0.2, -0.15) is 0 Å². The molecule has 0 saturated heterocycles. The molecule has 0 aliphatic heterocycles. The van der Waals surface area contributed by atoms with E-state index < -0.39 is 6.04 Å². The topological polar surface area (TPSA) is 69.1 Å². The summed E-state index contributed by atoms with van der Waals surface area (Å²) >= 11 is 0. The summed E-state index contributed by atoms with van der Waals surface area (Å²) in [6, 6.07) is -0.492. The van der Waals surface area contributed by atoms with Crippen molar-refractivity contribution in [2.45, 2.75) is 19.4 Å². The molecule has 0 amide bonds. The fourth-order valence-electron chi connectivity index (χ4n) is 0.689. The van der Waals surface area contributed by atoms with E-state index in [9.17, 15) is 4.79 Å². The summed E-state index contributed by atoms with van der Waals surface area (Å²) in [5.41, 5.74) is 5.46. The number of rotatable bonds is 3. The molecule has 1 aromatic heterocycles. The van der Waals surface area contributed by atoms with Crippen LogP contribution in [-0.2, 0) is 0 Å². The standard InChI is InChI=1S/C7H10N2O2/c1-2-5(8)6(10)7-9-3-4-11-7/h3-5H,2,8H2,1H3. The van der Waals surface area contributed by atoms with Crippen LogP contribution in [0.1, 0.15) is 24.0 Å². The van der Waals surface area contributed by atoms with Gasteiger partial charge in [0.25, 0.3) is 5.89 Å². The van der Waals surface area contributed by atoms with E-state index in [1.54, 1.807) is 0 Å². The zero-order valence-electron chi connectivity index (χ0n) is 6.28. The monoisotopic (exact) mass is 154 g/mol. The summed E-state index contributed by atoms with van der Waals surface area (Å²) in [5.74, 6) is -0.142. The predicted molar refractivity (Wildman–Crippen MR) is 39.1 cm³/mol. The van der Waals surface area contributed by atoms with Crippen molar-refractivity contribution in [2.75, 3.05) is 0 Å². The lowest BCUT2D eigenvalue weighted by Gasteiger charge is -2.01. The van der Waals surface area contributed by atoms with Gasteiger partial charge in [-0.25, -0.2) is 4.98 Å². The maximum absolute atomic E-state index is 11.2. The SMILES string of the molecule is CCC(N)C(=O)c1ncco1. The van der Waals surface area contributed by atoms with Crippen molar-refractivity contribution in [2.24, 2.45) is 5.73 Å². The Bertz CT molecular complexity index is 231. The number of Topliss-reactive ketones (excluding diaryl/α,β-unsaturated/α-hetero) is 1. The van der Waals surface area contributed by atoms with Crippen molar-refractivity contribution < 1.29 is 9.21 Å². The van der Waals surface area contributed by atoms with Gasteiger partial charge in [0.2, 0.25) is 5.78 Å². The van der Waals surface area contributed by atoms with Crippen LogP contribution in [0.3, 0.4) is 0 Å². The minimum absolute atomic E-state index is 0.0966. The molecule has 0 saturated carbocycles. The number of ketones is 1. The van der Waals surface area contributed by atoms with Crippen molar-refractivity contribution >= 4 is 5.78 Å². The maximum Gasteiger partial charge on any atom is 0.264 e. The minimum atomic E-state index is -0.492. The fourth-order valence-corrected chi connectivity index (χ4v) is 0.689. The fraction of sp³-hybridized carbons (Fsp3) is 0.429. The van der Waals surface area contributed by atoms with Gasteiger partial charge >= 0.3 is 0 Å². The quantitative estimate of drug-likeness (QED) is 0.647. The molecule has 60 valence electrons. The van der Waals surface area contributed by atoms with Crippen molar-refractivity contribution in [3.63, 3.8) is 0 Å². The summed E-state index contributed by atoms with van der Waals surface area (Å²) in [6.07, 6.45) is 3.38. The molecule has 0 aromatic carbocycles. The molecule has 1 heterocycles. The van der Waals surface area contributed by atoms with E-state index in [-0.39, 0.29) is 11.7 Å². The molecular formula is C7H10N2O2. The highest BCUT2D eigenvalue weighted by atomic mass is 16.3. The first-order valence-electron chi connectivity index (χ1n) is 3.45. The largest absolute Gasteiger partial charge is 0.442 e. The van der Waals surface area contributed by atoms with E-state index in [1.165, 1.54) is 12.5 Å². The zero-order chi connectivity index (χ0) is 8.27. The second-order valence-corrected chi connectivity index (χ2v) is 2.22. The van der Waals surface area contributed by atoms with Crippen LogP contribution in [-0.4, -0.2) is 16.8 Å². The summed E-state index contributed by atoms with van der Waals surface area (Å²) < 4.78 is 4.78. The van der Waals surface area contributed by atoms with Gasteiger partial charge in [0, 0.05) is 0 Å². The van der Waals surface area contributed by atoms with Crippen LogP contribution >= 0.6 is 0 Å². The van der Waals surface area contributed by atoms with Gasteiger partial charge in [-0.15, -0.1) is 0 Å². The second kappa shape index (κ2) is 3.30. The molecule has 2 N–H and O–H groups in total. The number of nitrogens with zero attached hydrogens (tertiary/aromatic N) is 1. The molecule has 0 spiro atoms. The molecule has 0 fully saturated rings. The number of hydrogen-bond acceptors (Lipinski definition) is 4. The number of hydrogen-bond donors (Lipinski definition) is 1. The Morgan fingerprint density at radius 3 is 3.09 bits per heavy atom. The van der Waals surface area contributed by atoms with E-state index >= 15 is 0 Å². The van der Waals surface area contributed by atoms with E-state index in [4.69, 9.17) is 10.2 Å². The van der Waals surface area contributed by atoms with Crippen LogP contribution in [0.15, 0.2) is 16.9 Å². The first-order chi connectivity index (χ1) is 5.25. The number of aromatic nitrogens is 1. The number of carbonyl (C=O) groups is 1. The Labute approximate surface area is 64.4 Å². The molecule has 4 nitrogen and oxygen atoms in total. The normalized spacial score (nSPS) is 12.9. The van der Waals surface area contributed by atoms with E-state index in [0.29, 0.717) is 6.42 Å². The van der Waals surface area contributed by atoms with Crippen LogP contribution in [0.2, 0.25) is 0 Å². The Hall–Kier alpha value is -1.16. The molecule has 0 radical (unpaired) electrons. The third-order valence-corrected chi connectivity index (χ3v) is 1.42. The smallest absolute Gasteiger partial charge is 0.264 e. The van der Waals surface area contributed by atoms with Crippen molar-refractivity contribution in [3.8, 4) is 0 Å². The summed E-state index contributed by atoms with van der Waals surface area (Å²) in [7, 11) is 0. The van der Waals surface area contributed by atoms with Crippen LogP contribution < -0.4 is 5.73 Å². The zero-order valence-corrected chi connectivity index (χ0v) is 6.28. The van der Waals surface area contributed by atoms with Gasteiger partial charge in [0.05, 0.1) is 12.2 Å². The lowest BCUT2D eigenvalue weighted by molar-refractivity contribution is 0.0925. The highest BCUT2D eigenvalue weighted by Gasteiger charge is 2.17. The average Bonchev–Trinajstić information content (AvgIpc) is 2.53. The third kappa shape index (κ3) is 1.65. The molecule has 1 atom stereocenters. The van der Waals surface area contributed by atoms with Gasteiger partial charge < -0.3 is 10.2 Å². The van der Waals surface area contributed by atoms with Gasteiger partial charge in [0.1, 0.15) is 6.26 Å². The molecule has 0 aliphatic rings. The molecule has 0 bridgehead atoms. The highest BCUT2D eigenvalue weighted by molar-refractivity contribution is 5.95. The lowest BCUT2D eigenvalue weighted by atomic mass is 10.1. The number of nitrogens with two attached hydrogens (primary N) is 1. The molecule has 0 aliphatic carbocycles. The first-order valence-corrected chi connectivity index (χ1v) is 3.45. The predicted octanol–water partition coefficient (Wildman–Crippen LogP) is 0.595. The van der Waals surface area contributed by atoms with Crippen LogP contribution in [0.25, 0.3) is 0 Å². The van der Waals surface area contributed by atoms with Gasteiger partial charge in [-0.05, 0) is 6.42 Å². The highest BCUT2D eigenvalue weighted by Crippen LogP contribution is 2.00. The molecule has 4 heteroatoms. The van der Waals surface area contributed by atoms with Gasteiger partial charge in [-0.3, -0.25) is 4.79 Å². The van der Waals surface area contributed by atoms with Gasteiger partial charge in [0.15, 0.2) is 0 Å². The summed E-state index contributed by atoms with van der Waals surface area (Å²) in [5, 5.41) is 0. The van der Waals surface area contributed by atoms with Crippen molar-refractivity contribution in [1.82, 2.24) is 4.98 Å². The van der Waals surface area contributed by atoms with E-state index in [0.717, 1.165) is 0 Å². The molecule has 1 unspecified atom stereocenters. The first kappa shape index (κ1) is 7.94. The summed E-state index contributed by atoms with van der Waals surface area (Å²) in [6.45, 7) is 1.84. The molecule has 1 rings (SSSR count). The second-order valence-electron chi connectivity index (χ2n) is 2.22. The lowest BCUT2D eigenvalue weighted by Crippen LogP contribution is -2.29. The van der Waals surface area contributed by atoms with E-state index in [1.807, 2.05) is 6.92 Å². The summed E-state index contributed by atoms with van der Waals surface area (Å²) in [4.78, 5) is 14.8. The van der Waals surface area contributed by atoms with Crippen molar-refractivity contribution in [1.29, 1.82) is 0 Å². The van der Waals surface area contributed by atoms with Gasteiger partial charge in [-0.1, -0.05) is 6.92 Å². The molecule has 1 aromatic rings. The Balaban J connectivity index is 2.70. The number of oxazole rings is 1. The molecule has 11 heavy (non-hydrogen) atoms. The van der Waals surface area contributed by atoms with Crippen LogP contribution in [0, 0.1) is 0 Å². The van der Waals surface area contributed by atoms with Crippen LogP contribution in [0.4, 0.5) is 0 Å². The Kier molecular flexibility index (Phi) is 2.38. The Morgan fingerprint density at radius 2 is 2.64 bits per heavy atom. The third-order valence-electron chi connectivity index (χ3n) is 1.42. The minimum Gasteiger partial charge on any atom is -0.442 e. The van der Waals surface area contributed by atoms with Crippen LogP contribution in [0.5, 0.6) is 0 Å². The van der Waals surface area contributed by atoms with E-state index in [2.05, 4.69) is 4.98 Å².